The van der Waals surface area contributed by atoms with E-state index in [0.717, 1.165) is 24.0 Å². The second kappa shape index (κ2) is 9.06. The Morgan fingerprint density at radius 2 is 0.900 bits per heavy atom. The Balaban J connectivity index is 2.48. The first-order chi connectivity index (χ1) is 13.9. The van der Waals surface area contributed by atoms with E-state index in [1.54, 1.807) is 0 Å². The van der Waals surface area contributed by atoms with Crippen molar-refractivity contribution in [2.45, 2.75) is 91.9 Å². The van der Waals surface area contributed by atoms with Crippen molar-refractivity contribution in [1.82, 2.24) is 0 Å². The number of hydrogen-bond acceptors (Lipinski definition) is 2. The van der Waals surface area contributed by atoms with Crippen LogP contribution in [0.3, 0.4) is 0 Å². The molecule has 0 aromatic heterocycles. The maximum absolute atomic E-state index is 9.28. The highest BCUT2D eigenvalue weighted by atomic mass is 14.3. The molecule has 0 bridgehead atoms. The van der Waals surface area contributed by atoms with Gasteiger partial charge < -0.3 is 0 Å². The van der Waals surface area contributed by atoms with Gasteiger partial charge in [-0.15, -0.1) is 0 Å². The average Bonchev–Trinajstić information content (AvgIpc) is 2.63. The van der Waals surface area contributed by atoms with Crippen molar-refractivity contribution < 1.29 is 0 Å². The molecule has 0 aliphatic heterocycles. The van der Waals surface area contributed by atoms with Gasteiger partial charge in [-0.3, -0.25) is 0 Å². The molecule has 158 valence electrons. The van der Waals surface area contributed by atoms with E-state index < -0.39 is 0 Å². The lowest BCUT2D eigenvalue weighted by Crippen LogP contribution is -2.14. The monoisotopic (exact) mass is 400 g/mol. The topological polar surface area (TPSA) is 47.6 Å². The molecule has 30 heavy (non-hydrogen) atoms. The molecule has 0 saturated heterocycles. The van der Waals surface area contributed by atoms with Gasteiger partial charge in [0, 0.05) is 0 Å². The Kier molecular flexibility index (Phi) is 7.15. The minimum atomic E-state index is 0.0503. The van der Waals surface area contributed by atoms with Gasteiger partial charge in [0.1, 0.15) is 0 Å². The van der Waals surface area contributed by atoms with Gasteiger partial charge >= 0.3 is 0 Å². The molecule has 0 aliphatic carbocycles. The maximum Gasteiger partial charge on any atom is 0.0669 e. The van der Waals surface area contributed by atoms with Crippen molar-refractivity contribution >= 4 is 0 Å². The average molecular weight is 401 g/mol. The summed E-state index contributed by atoms with van der Waals surface area (Å²) in [6.45, 7) is 17.6. The molecule has 2 rings (SSSR count). The first kappa shape index (κ1) is 23.7. The fourth-order valence-electron chi connectivity index (χ4n) is 3.87. The minimum absolute atomic E-state index is 0.0503. The number of nitrogens with zero attached hydrogens (tertiary/aromatic N) is 2. The normalized spacial score (nSPS) is 11.8. The molecular formula is C28H36N2. The van der Waals surface area contributed by atoms with Gasteiger partial charge in [0.05, 0.1) is 25.0 Å². The van der Waals surface area contributed by atoms with E-state index in [1.807, 2.05) is 0 Å². The van der Waals surface area contributed by atoms with Crippen molar-refractivity contribution in [1.29, 1.82) is 10.5 Å². The van der Waals surface area contributed by atoms with Crippen LogP contribution in [0.25, 0.3) is 0 Å². The summed E-state index contributed by atoms with van der Waals surface area (Å²) in [5.74, 6) is 0. The lowest BCUT2D eigenvalue weighted by atomic mass is 9.81. The molecule has 0 aliphatic rings. The molecule has 0 spiro atoms. The van der Waals surface area contributed by atoms with Crippen LogP contribution in [0.15, 0.2) is 24.3 Å². The molecule has 0 radical (unpaired) electrons. The van der Waals surface area contributed by atoms with Gasteiger partial charge in [-0.1, -0.05) is 65.8 Å². The van der Waals surface area contributed by atoms with Crippen molar-refractivity contribution in [3.63, 3.8) is 0 Å². The smallest absolute Gasteiger partial charge is 0.0669 e. The summed E-state index contributed by atoms with van der Waals surface area (Å²) < 4.78 is 0. The quantitative estimate of drug-likeness (QED) is 0.553. The van der Waals surface area contributed by atoms with E-state index in [1.165, 1.54) is 33.4 Å². The largest absolute Gasteiger partial charge is 0.198 e. The summed E-state index contributed by atoms with van der Waals surface area (Å²) in [4.78, 5) is 0. The number of rotatable bonds is 5. The Bertz CT molecular complexity index is 916. The summed E-state index contributed by atoms with van der Waals surface area (Å²) in [5, 5.41) is 18.6. The SMILES string of the molecule is Cc1c(CC#N)cc(C(C)(C)C)cc1CCc1cc(C(C)(C)C)cc(CC#N)c1C. The number of hydrogen-bond donors (Lipinski definition) is 0. The standard InChI is InChI=1S/C28H36N2/c1-19-21(15-25(27(3,4)5)17-23(19)11-13-29)9-10-22-16-26(28(6,7)8)18-24(12-14-30)20(22)2/h15-18H,9-12H2,1-8H3. The lowest BCUT2D eigenvalue weighted by Gasteiger charge is -2.24. The fourth-order valence-corrected chi connectivity index (χ4v) is 3.87. The summed E-state index contributed by atoms with van der Waals surface area (Å²) in [7, 11) is 0. The third-order valence-electron chi connectivity index (χ3n) is 6.18. The predicted octanol–water partition coefficient (Wildman–Crippen LogP) is 6.82. The van der Waals surface area contributed by atoms with E-state index in [9.17, 15) is 10.5 Å². The second-order valence-corrected chi connectivity index (χ2v) is 10.5. The van der Waals surface area contributed by atoms with Gasteiger partial charge in [0.15, 0.2) is 0 Å². The van der Waals surface area contributed by atoms with E-state index in [-0.39, 0.29) is 10.8 Å². The molecule has 0 fully saturated rings. The van der Waals surface area contributed by atoms with Crippen LogP contribution in [-0.4, -0.2) is 0 Å². The Labute approximate surface area is 183 Å². The van der Waals surface area contributed by atoms with Gasteiger partial charge in [-0.05, 0) is 82.0 Å². The molecular weight excluding hydrogens is 364 g/mol. The third-order valence-corrected chi connectivity index (χ3v) is 6.18. The Morgan fingerprint density at radius 3 is 1.17 bits per heavy atom. The lowest BCUT2D eigenvalue weighted by molar-refractivity contribution is 0.586. The van der Waals surface area contributed by atoms with Crippen LogP contribution >= 0.6 is 0 Å². The van der Waals surface area contributed by atoms with Crippen LogP contribution in [0.1, 0.15) is 86.1 Å². The number of nitriles is 2. The second-order valence-electron chi connectivity index (χ2n) is 10.5. The summed E-state index contributed by atoms with van der Waals surface area (Å²) in [5.41, 5.74) is 10.1. The minimum Gasteiger partial charge on any atom is -0.198 e. The first-order valence-electron chi connectivity index (χ1n) is 10.9. The van der Waals surface area contributed by atoms with E-state index in [0.29, 0.717) is 12.8 Å². The van der Waals surface area contributed by atoms with E-state index in [4.69, 9.17) is 0 Å². The first-order valence-corrected chi connectivity index (χ1v) is 10.9. The number of benzene rings is 2. The van der Waals surface area contributed by atoms with Crippen molar-refractivity contribution in [3.8, 4) is 12.1 Å². The highest BCUT2D eigenvalue weighted by molar-refractivity contribution is 5.45. The molecule has 0 N–H and O–H groups in total. The van der Waals surface area contributed by atoms with Gasteiger partial charge in [-0.25, -0.2) is 0 Å². The van der Waals surface area contributed by atoms with Crippen LogP contribution < -0.4 is 0 Å². The van der Waals surface area contributed by atoms with Crippen molar-refractivity contribution in [2.75, 3.05) is 0 Å². The van der Waals surface area contributed by atoms with E-state index in [2.05, 4.69) is 91.8 Å². The third kappa shape index (κ3) is 5.52. The van der Waals surface area contributed by atoms with Crippen molar-refractivity contribution in [3.05, 3.63) is 68.8 Å². The number of aryl methyl sites for hydroxylation is 2. The molecule has 2 heteroatoms. The highest BCUT2D eigenvalue weighted by Crippen LogP contribution is 2.31. The van der Waals surface area contributed by atoms with Gasteiger partial charge in [0.2, 0.25) is 0 Å². The zero-order chi connectivity index (χ0) is 22.7. The Hall–Kier alpha value is -2.58. The molecule has 2 aromatic rings. The van der Waals surface area contributed by atoms with Gasteiger partial charge in [0.25, 0.3) is 0 Å². The maximum atomic E-state index is 9.28. The zero-order valence-corrected chi connectivity index (χ0v) is 20.0. The van der Waals surface area contributed by atoms with Crippen LogP contribution in [-0.2, 0) is 36.5 Å². The van der Waals surface area contributed by atoms with E-state index >= 15 is 0 Å². The molecule has 2 nitrogen and oxygen atoms in total. The highest BCUT2D eigenvalue weighted by Gasteiger charge is 2.19. The summed E-state index contributed by atoms with van der Waals surface area (Å²) >= 11 is 0. The van der Waals surface area contributed by atoms with Gasteiger partial charge in [-0.2, -0.15) is 10.5 Å². The molecule has 0 amide bonds. The molecule has 0 heterocycles. The van der Waals surface area contributed by atoms with Crippen LogP contribution in [0.4, 0.5) is 0 Å². The fraction of sp³-hybridized carbons (Fsp3) is 0.500. The predicted molar refractivity (Wildman–Crippen MR) is 126 cm³/mol. The van der Waals surface area contributed by atoms with Crippen LogP contribution in [0.5, 0.6) is 0 Å². The molecule has 0 saturated carbocycles. The summed E-state index contributed by atoms with van der Waals surface area (Å²) in [6.07, 6.45) is 2.78. The molecule has 2 aromatic carbocycles. The van der Waals surface area contributed by atoms with Crippen LogP contribution in [0.2, 0.25) is 0 Å². The Morgan fingerprint density at radius 1 is 0.600 bits per heavy atom. The molecule has 0 unspecified atom stereocenters. The van der Waals surface area contributed by atoms with Crippen LogP contribution in [0, 0.1) is 36.5 Å². The van der Waals surface area contributed by atoms with Crippen molar-refractivity contribution in [2.24, 2.45) is 0 Å². The molecule has 0 atom stereocenters. The zero-order valence-electron chi connectivity index (χ0n) is 20.0. The summed E-state index contributed by atoms with van der Waals surface area (Å²) in [6, 6.07) is 13.7.